The fraction of sp³-hybridized carbons (Fsp3) is 0.579. The summed E-state index contributed by atoms with van der Waals surface area (Å²) in [5, 5.41) is 0.745. The number of carbonyl (C=O) groups excluding carboxylic acids is 2. The molecule has 2 aromatic carbocycles. The molecule has 2 spiro atoms. The number of hydrogen-bond donors (Lipinski definition) is 1. The molecule has 1 N–H and O–H groups in total. The third-order valence-electron chi connectivity index (χ3n) is 12.0. The number of likely N-dealkylation sites (tertiary alicyclic amines) is 1. The number of rotatable bonds is 2. The summed E-state index contributed by atoms with van der Waals surface area (Å²) in [5.74, 6) is 0.773. The molecule has 4 heterocycles. The highest BCUT2D eigenvalue weighted by molar-refractivity contribution is 7.92. The van der Waals surface area contributed by atoms with Crippen molar-refractivity contribution >= 4 is 39.1 Å². The van der Waals surface area contributed by atoms with Gasteiger partial charge in [-0.25, -0.2) is 9.00 Å². The molecule has 12 heteroatoms. The average Bonchev–Trinajstić information content (AvgIpc) is 3.17. The lowest BCUT2D eigenvalue weighted by atomic mass is 9.68. The van der Waals surface area contributed by atoms with Crippen LogP contribution in [0, 0.1) is 17.8 Å². The van der Waals surface area contributed by atoms with E-state index in [2.05, 4.69) is 38.3 Å². The molecule has 1 saturated carbocycles. The van der Waals surface area contributed by atoms with Crippen molar-refractivity contribution in [1.29, 1.82) is 0 Å². The summed E-state index contributed by atoms with van der Waals surface area (Å²) < 4.78 is 39.8. The van der Waals surface area contributed by atoms with Crippen LogP contribution in [0.3, 0.4) is 0 Å². The smallest absolute Gasteiger partial charge is 0.330 e. The van der Waals surface area contributed by atoms with Gasteiger partial charge in [0.2, 0.25) is 0 Å². The van der Waals surface area contributed by atoms with Gasteiger partial charge in [-0.15, -0.1) is 4.36 Å². The molecular weight excluding hydrogens is 676 g/mol. The lowest BCUT2D eigenvalue weighted by molar-refractivity contribution is -0.208. The van der Waals surface area contributed by atoms with Crippen LogP contribution in [-0.2, 0) is 31.2 Å². The standard InChI is InChI=1S/C38H47ClN4O6S/c1-25-5-3-7-33(47-2)30-11-8-28(30)19-42-21-37(14-4-6-26-17-29(39)10-12-31(26)37)24-48-34-13-9-27(18-32(34)42)35(44)40-50(46,20-25)41-36(45)43-22-38(23-43)15-16-49-38/h3,7,9-10,12-13,17-18,25,28,30,33H,4-6,8,11,14-16,19-24H2,1-2H3,(H,40,41,44,45,46)/b7-3-/t25-,28-,30+,33-,37-,50?/m0/s1. The van der Waals surface area contributed by atoms with E-state index >= 15 is 0 Å². The minimum Gasteiger partial charge on any atom is -0.490 e. The SMILES string of the molecule is CO[C@H]1/C=C\C[C@H](C)CS(=O)(NC(=O)N2CC3(CCO3)C2)=NC(=O)c2ccc3c(c2)N(C[C@@H]2CC[C@H]21)C[C@@]1(CCCc2cc(Cl)ccc21)CO3. The molecule has 50 heavy (non-hydrogen) atoms. The second-order valence-corrected chi connectivity index (χ2v) is 17.9. The zero-order valence-electron chi connectivity index (χ0n) is 28.9. The minimum atomic E-state index is -3.47. The summed E-state index contributed by atoms with van der Waals surface area (Å²) in [4.78, 5) is 31.3. The van der Waals surface area contributed by atoms with Crippen molar-refractivity contribution in [1.82, 2.24) is 9.62 Å². The van der Waals surface area contributed by atoms with E-state index in [1.165, 1.54) is 11.1 Å². The van der Waals surface area contributed by atoms with E-state index in [1.807, 2.05) is 25.1 Å². The Hall–Kier alpha value is -3.12. The maximum Gasteiger partial charge on any atom is 0.330 e. The van der Waals surface area contributed by atoms with E-state index in [-0.39, 0.29) is 28.8 Å². The van der Waals surface area contributed by atoms with Crippen LogP contribution in [-0.4, -0.2) is 85.0 Å². The number of methoxy groups -OCH3 is 1. The first-order chi connectivity index (χ1) is 24.1. The van der Waals surface area contributed by atoms with Gasteiger partial charge in [-0.2, -0.15) is 0 Å². The van der Waals surface area contributed by atoms with Gasteiger partial charge in [-0.05, 0) is 97.7 Å². The predicted molar refractivity (Wildman–Crippen MR) is 193 cm³/mol. The van der Waals surface area contributed by atoms with E-state index in [0.717, 1.165) is 62.3 Å². The van der Waals surface area contributed by atoms with Gasteiger partial charge in [0.05, 0.1) is 43.8 Å². The number of fused-ring (bicyclic) bond motifs is 4. The number of benzene rings is 2. The molecule has 2 bridgehead atoms. The van der Waals surface area contributed by atoms with Gasteiger partial charge in [-0.3, -0.25) is 9.52 Å². The largest absolute Gasteiger partial charge is 0.490 e. The Labute approximate surface area is 300 Å². The van der Waals surface area contributed by atoms with Crippen molar-refractivity contribution < 1.29 is 28.0 Å². The number of allylic oxidation sites excluding steroid dienone is 1. The van der Waals surface area contributed by atoms with E-state index < -0.39 is 21.9 Å². The highest BCUT2D eigenvalue weighted by Gasteiger charge is 2.51. The van der Waals surface area contributed by atoms with Gasteiger partial charge in [-0.1, -0.05) is 36.7 Å². The minimum absolute atomic E-state index is 0.0418. The number of halogens is 1. The lowest BCUT2D eigenvalue weighted by Gasteiger charge is -2.54. The molecule has 3 amide bonds. The second kappa shape index (κ2) is 13.1. The Kier molecular flexibility index (Phi) is 8.93. The molecule has 4 aliphatic heterocycles. The molecule has 3 fully saturated rings. The van der Waals surface area contributed by atoms with E-state index in [0.29, 0.717) is 55.9 Å². The zero-order chi connectivity index (χ0) is 34.7. The molecule has 6 atom stereocenters. The van der Waals surface area contributed by atoms with E-state index in [4.69, 9.17) is 25.8 Å². The Bertz CT molecular complexity index is 1830. The van der Waals surface area contributed by atoms with Gasteiger partial charge < -0.3 is 24.0 Å². The number of aryl methyl sites for hydroxylation is 1. The highest BCUT2D eigenvalue weighted by atomic mass is 35.5. The van der Waals surface area contributed by atoms with Gasteiger partial charge in [0.1, 0.15) is 21.3 Å². The van der Waals surface area contributed by atoms with Crippen LogP contribution in [0.4, 0.5) is 10.5 Å². The molecule has 2 aromatic rings. The van der Waals surface area contributed by atoms with Crippen LogP contribution < -0.4 is 14.4 Å². The highest BCUT2D eigenvalue weighted by Crippen LogP contribution is 2.47. The normalized spacial score (nSPS) is 33.7. The zero-order valence-corrected chi connectivity index (χ0v) is 30.5. The van der Waals surface area contributed by atoms with Crippen molar-refractivity contribution in [3.63, 3.8) is 0 Å². The van der Waals surface area contributed by atoms with E-state index in [9.17, 15) is 13.8 Å². The van der Waals surface area contributed by atoms with Gasteiger partial charge in [0.25, 0.3) is 5.91 Å². The average molecular weight is 723 g/mol. The van der Waals surface area contributed by atoms with E-state index in [1.54, 1.807) is 18.1 Å². The third kappa shape index (κ3) is 6.33. The van der Waals surface area contributed by atoms with Crippen molar-refractivity contribution in [2.75, 3.05) is 57.2 Å². The number of nitrogens with one attached hydrogen (secondary N) is 1. The number of carbonyl (C=O) groups is 2. The number of amides is 3. The Morgan fingerprint density at radius 2 is 1.98 bits per heavy atom. The third-order valence-corrected chi connectivity index (χ3v) is 14.2. The molecule has 0 radical (unpaired) electrons. The van der Waals surface area contributed by atoms with Crippen LogP contribution in [0.2, 0.25) is 5.02 Å². The fourth-order valence-electron chi connectivity index (χ4n) is 9.00. The molecule has 6 aliphatic rings. The molecular formula is C38H47ClN4O6S. The van der Waals surface area contributed by atoms with Crippen molar-refractivity contribution in [2.45, 2.75) is 69.0 Å². The molecule has 8 rings (SSSR count). The number of nitrogens with zero attached hydrogens (tertiary/aromatic N) is 3. The first-order valence-electron chi connectivity index (χ1n) is 18.1. The number of hydrogen-bond acceptors (Lipinski definition) is 7. The first-order valence-corrected chi connectivity index (χ1v) is 20.1. The van der Waals surface area contributed by atoms with Crippen LogP contribution in [0.1, 0.15) is 66.9 Å². The van der Waals surface area contributed by atoms with Gasteiger partial charge >= 0.3 is 6.03 Å². The first kappa shape index (κ1) is 34.0. The van der Waals surface area contributed by atoms with Crippen LogP contribution >= 0.6 is 11.6 Å². The summed E-state index contributed by atoms with van der Waals surface area (Å²) in [6.45, 7) is 5.59. The molecule has 2 aliphatic carbocycles. The number of urea groups is 1. The summed E-state index contributed by atoms with van der Waals surface area (Å²) in [5.41, 5.74) is 3.18. The van der Waals surface area contributed by atoms with Gasteiger partial charge in [0, 0.05) is 42.6 Å². The Morgan fingerprint density at radius 3 is 2.72 bits per heavy atom. The lowest BCUT2D eigenvalue weighted by Crippen LogP contribution is -2.70. The monoisotopic (exact) mass is 722 g/mol. The van der Waals surface area contributed by atoms with Crippen molar-refractivity contribution in [3.05, 3.63) is 70.3 Å². The van der Waals surface area contributed by atoms with Crippen LogP contribution in [0.25, 0.3) is 0 Å². The molecule has 268 valence electrons. The van der Waals surface area contributed by atoms with Crippen molar-refractivity contribution in [3.8, 4) is 5.75 Å². The topological polar surface area (TPSA) is 110 Å². The quantitative estimate of drug-likeness (QED) is 0.370. The van der Waals surface area contributed by atoms with Gasteiger partial charge in [0.15, 0.2) is 0 Å². The van der Waals surface area contributed by atoms with Crippen LogP contribution in [0.15, 0.2) is 52.9 Å². The van der Waals surface area contributed by atoms with Crippen LogP contribution in [0.5, 0.6) is 5.75 Å². The maximum atomic E-state index is 14.5. The molecule has 1 unspecified atom stereocenters. The summed E-state index contributed by atoms with van der Waals surface area (Å²) >= 11 is 6.46. The summed E-state index contributed by atoms with van der Waals surface area (Å²) in [6.07, 6.45) is 10.9. The summed E-state index contributed by atoms with van der Waals surface area (Å²) in [7, 11) is -1.70. The van der Waals surface area contributed by atoms with Crippen molar-refractivity contribution in [2.24, 2.45) is 22.1 Å². The molecule has 0 aromatic heterocycles. The second-order valence-electron chi connectivity index (χ2n) is 15.5. The maximum absolute atomic E-state index is 14.5. The number of ether oxygens (including phenoxy) is 3. The Balaban J connectivity index is 1.17. The Morgan fingerprint density at radius 1 is 1.14 bits per heavy atom. The summed E-state index contributed by atoms with van der Waals surface area (Å²) in [6, 6.07) is 11.2. The molecule has 10 nitrogen and oxygen atoms in total. The fourth-order valence-corrected chi connectivity index (χ4v) is 11.1. The molecule has 2 saturated heterocycles. The number of anilines is 1. The predicted octanol–water partition coefficient (Wildman–Crippen LogP) is 6.16.